The normalized spacial score (nSPS) is 53.8. The fourth-order valence-electron chi connectivity index (χ4n) is 9.48. The summed E-state index contributed by atoms with van der Waals surface area (Å²) in [5.74, 6) is -0.0861. The Kier molecular flexibility index (Phi) is 6.82. The zero-order chi connectivity index (χ0) is 24.5. The summed E-state index contributed by atoms with van der Waals surface area (Å²) in [7, 11) is 0. The van der Waals surface area contributed by atoms with E-state index in [9.17, 15) is 30.6 Å². The zero-order valence-corrected chi connectivity index (χ0v) is 21.2. The van der Waals surface area contributed by atoms with Gasteiger partial charge in [-0.05, 0) is 79.4 Å². The summed E-state index contributed by atoms with van der Waals surface area (Å²) in [4.78, 5) is 0. The third-order valence-electron chi connectivity index (χ3n) is 11.2. The van der Waals surface area contributed by atoms with Gasteiger partial charge in [0, 0.05) is 18.3 Å². The third-order valence-corrected chi connectivity index (χ3v) is 11.2. The van der Waals surface area contributed by atoms with Crippen molar-refractivity contribution >= 4 is 0 Å². The van der Waals surface area contributed by atoms with Crippen molar-refractivity contribution in [2.75, 3.05) is 0 Å². The van der Waals surface area contributed by atoms with Gasteiger partial charge in [0.15, 0.2) is 0 Å². The molecular weight excluding hydrogens is 420 g/mol. The lowest BCUT2D eigenvalue weighted by Crippen LogP contribution is -2.70. The van der Waals surface area contributed by atoms with Crippen LogP contribution in [0.4, 0.5) is 0 Å². The lowest BCUT2D eigenvalue weighted by Gasteiger charge is -2.66. The summed E-state index contributed by atoms with van der Waals surface area (Å²) in [6.45, 7) is 10.6. The Balaban J connectivity index is 1.61. The Bertz CT molecular complexity index is 715. The standard InChI is InChI=1S/C27H48O6/c1-14(2)17(28)7-6-15(3)16-12-19(30)24-25(16,4)11-9-21-26(5)10-8-18(29)23(32)22(26)20(31)13-27(21,24)33/h14-24,28-33H,6-13H2,1-5H3/t15-,16-,17+,18+,19+,20-,21-,22+,23+,24-,25-,26-,27+/m1/s1. The summed E-state index contributed by atoms with van der Waals surface area (Å²) in [5.41, 5.74) is -1.90. The molecule has 0 aromatic heterocycles. The van der Waals surface area contributed by atoms with E-state index >= 15 is 0 Å². The minimum absolute atomic E-state index is 0.120. The van der Waals surface area contributed by atoms with Crippen molar-refractivity contribution in [3.05, 3.63) is 0 Å². The van der Waals surface area contributed by atoms with E-state index in [2.05, 4.69) is 20.8 Å². The minimum Gasteiger partial charge on any atom is -0.393 e. The molecule has 192 valence electrons. The molecule has 6 N–H and O–H groups in total. The SMILES string of the molecule is CC(C)[C@@H](O)CC[C@@H](C)[C@H]1C[C@H](O)[C@@H]2[C@]1(C)CC[C@@H]1[C@@]3(C)CC[C@H](O)[C@H](O)[C@@H]3[C@H](O)C[C@]12O. The summed E-state index contributed by atoms with van der Waals surface area (Å²) >= 11 is 0. The minimum atomic E-state index is -1.19. The average Bonchev–Trinajstić information content (AvgIpc) is 3.00. The first kappa shape index (κ1) is 25.8. The van der Waals surface area contributed by atoms with Crippen LogP contribution in [-0.4, -0.2) is 66.8 Å². The van der Waals surface area contributed by atoms with E-state index in [-0.39, 0.29) is 41.6 Å². The maximum atomic E-state index is 12.3. The molecule has 0 radical (unpaired) electrons. The number of fused-ring (bicyclic) bond motifs is 5. The molecule has 0 unspecified atom stereocenters. The van der Waals surface area contributed by atoms with E-state index in [1.54, 1.807) is 0 Å². The highest BCUT2D eigenvalue weighted by atomic mass is 16.3. The summed E-state index contributed by atoms with van der Waals surface area (Å²) < 4.78 is 0. The van der Waals surface area contributed by atoms with Gasteiger partial charge in [0.1, 0.15) is 0 Å². The van der Waals surface area contributed by atoms with Gasteiger partial charge >= 0.3 is 0 Å². The number of hydrogen-bond acceptors (Lipinski definition) is 6. The van der Waals surface area contributed by atoms with Crippen LogP contribution in [0.1, 0.15) is 86.0 Å². The molecule has 4 rings (SSSR count). The molecule has 4 fully saturated rings. The van der Waals surface area contributed by atoms with Crippen LogP contribution in [0.15, 0.2) is 0 Å². The first-order chi connectivity index (χ1) is 15.3. The van der Waals surface area contributed by atoms with Gasteiger partial charge in [-0.1, -0.05) is 34.6 Å². The van der Waals surface area contributed by atoms with Crippen molar-refractivity contribution in [3.63, 3.8) is 0 Å². The average molecular weight is 469 g/mol. The number of aliphatic hydroxyl groups excluding tert-OH is 5. The van der Waals surface area contributed by atoms with Gasteiger partial charge in [0.05, 0.1) is 36.1 Å². The largest absolute Gasteiger partial charge is 0.393 e. The van der Waals surface area contributed by atoms with E-state index in [0.717, 1.165) is 25.7 Å². The van der Waals surface area contributed by atoms with E-state index < -0.39 is 41.3 Å². The van der Waals surface area contributed by atoms with Crippen LogP contribution in [0.3, 0.4) is 0 Å². The van der Waals surface area contributed by atoms with Gasteiger partial charge in [-0.15, -0.1) is 0 Å². The summed E-state index contributed by atoms with van der Waals surface area (Å²) in [6, 6.07) is 0. The van der Waals surface area contributed by atoms with Gasteiger partial charge in [0.2, 0.25) is 0 Å². The second-order valence-corrected chi connectivity index (χ2v) is 13.2. The summed E-state index contributed by atoms with van der Waals surface area (Å²) in [6.07, 6.45) is 1.60. The fraction of sp³-hybridized carbons (Fsp3) is 1.00. The van der Waals surface area contributed by atoms with Crippen LogP contribution in [0.5, 0.6) is 0 Å². The second-order valence-electron chi connectivity index (χ2n) is 13.2. The molecule has 6 nitrogen and oxygen atoms in total. The van der Waals surface area contributed by atoms with Gasteiger partial charge in [-0.2, -0.15) is 0 Å². The molecular formula is C27H48O6. The second kappa shape index (κ2) is 8.70. The summed E-state index contributed by atoms with van der Waals surface area (Å²) in [5, 5.41) is 66.2. The van der Waals surface area contributed by atoms with Gasteiger partial charge < -0.3 is 30.6 Å². The molecule has 0 spiro atoms. The Morgan fingerprint density at radius 2 is 1.48 bits per heavy atom. The predicted octanol–water partition coefficient (Wildman–Crippen LogP) is 2.47. The molecule has 13 atom stereocenters. The first-order valence-electron chi connectivity index (χ1n) is 13.4. The first-order valence-corrected chi connectivity index (χ1v) is 13.4. The molecule has 4 aliphatic rings. The van der Waals surface area contributed by atoms with Crippen LogP contribution in [0.25, 0.3) is 0 Å². The molecule has 0 saturated heterocycles. The smallest absolute Gasteiger partial charge is 0.0857 e. The maximum Gasteiger partial charge on any atom is 0.0857 e. The third kappa shape index (κ3) is 3.82. The van der Waals surface area contributed by atoms with Crippen LogP contribution in [0.2, 0.25) is 0 Å². The molecule has 0 bridgehead atoms. The van der Waals surface area contributed by atoms with Gasteiger partial charge in [0.25, 0.3) is 0 Å². The van der Waals surface area contributed by atoms with Crippen molar-refractivity contribution in [1.29, 1.82) is 0 Å². The fourth-order valence-corrected chi connectivity index (χ4v) is 9.48. The Morgan fingerprint density at radius 3 is 2.12 bits per heavy atom. The van der Waals surface area contributed by atoms with Crippen molar-refractivity contribution < 1.29 is 30.6 Å². The highest BCUT2D eigenvalue weighted by Crippen LogP contribution is 2.69. The Labute approximate surface area is 199 Å². The molecule has 0 amide bonds. The number of rotatable bonds is 5. The van der Waals surface area contributed by atoms with E-state index in [1.807, 2.05) is 13.8 Å². The Morgan fingerprint density at radius 1 is 0.848 bits per heavy atom. The van der Waals surface area contributed by atoms with Crippen molar-refractivity contribution in [1.82, 2.24) is 0 Å². The van der Waals surface area contributed by atoms with Crippen molar-refractivity contribution in [2.45, 2.75) is 122 Å². The molecule has 0 heterocycles. The maximum absolute atomic E-state index is 12.3. The van der Waals surface area contributed by atoms with E-state index in [1.165, 1.54) is 0 Å². The molecule has 0 aromatic carbocycles. The topological polar surface area (TPSA) is 121 Å². The molecule has 4 saturated carbocycles. The number of hydrogen-bond donors (Lipinski definition) is 6. The molecule has 4 aliphatic carbocycles. The number of aliphatic hydroxyl groups is 6. The highest BCUT2D eigenvalue weighted by molar-refractivity contribution is 5.20. The molecule has 0 aromatic rings. The highest BCUT2D eigenvalue weighted by Gasteiger charge is 2.71. The molecule has 0 aliphatic heterocycles. The van der Waals surface area contributed by atoms with Crippen LogP contribution >= 0.6 is 0 Å². The van der Waals surface area contributed by atoms with Crippen molar-refractivity contribution in [3.8, 4) is 0 Å². The molecule has 6 heteroatoms. The Hall–Kier alpha value is -0.240. The van der Waals surface area contributed by atoms with E-state index in [4.69, 9.17) is 0 Å². The van der Waals surface area contributed by atoms with Gasteiger partial charge in [-0.25, -0.2) is 0 Å². The van der Waals surface area contributed by atoms with Crippen LogP contribution < -0.4 is 0 Å². The molecule has 33 heavy (non-hydrogen) atoms. The van der Waals surface area contributed by atoms with Crippen molar-refractivity contribution in [2.24, 2.45) is 46.3 Å². The van der Waals surface area contributed by atoms with Crippen LogP contribution in [-0.2, 0) is 0 Å². The monoisotopic (exact) mass is 468 g/mol. The zero-order valence-electron chi connectivity index (χ0n) is 21.2. The quantitative estimate of drug-likeness (QED) is 0.369. The van der Waals surface area contributed by atoms with E-state index in [0.29, 0.717) is 25.2 Å². The van der Waals surface area contributed by atoms with Crippen LogP contribution in [0, 0.1) is 46.3 Å². The van der Waals surface area contributed by atoms with Gasteiger partial charge in [-0.3, -0.25) is 0 Å². The lowest BCUT2D eigenvalue weighted by atomic mass is 9.41. The lowest BCUT2D eigenvalue weighted by molar-refractivity contribution is -0.280. The predicted molar refractivity (Wildman–Crippen MR) is 126 cm³/mol.